The second-order valence-electron chi connectivity index (χ2n) is 6.35. The summed E-state index contributed by atoms with van der Waals surface area (Å²) < 4.78 is 6.05. The van der Waals surface area contributed by atoms with Crippen LogP contribution in [0.5, 0.6) is 0 Å². The lowest BCUT2D eigenvalue weighted by molar-refractivity contribution is -0.0365. The van der Waals surface area contributed by atoms with E-state index < -0.39 is 0 Å². The number of halogens is 2. The van der Waals surface area contributed by atoms with E-state index in [0.29, 0.717) is 16.7 Å². The lowest BCUT2D eigenvalue weighted by Crippen LogP contribution is -2.42. The van der Waals surface area contributed by atoms with E-state index in [1.807, 2.05) is 25.1 Å². The standard InChI is InChI=1S/C17H27Cl2NO/c1-6-10-20-15(16(21-7-2)17(3,4)5)12-8-9-13(18)14(19)11-12/h8-9,11,15-16,20H,6-7,10H2,1-5H3. The van der Waals surface area contributed by atoms with E-state index in [1.165, 1.54) is 0 Å². The quantitative estimate of drug-likeness (QED) is 0.713. The van der Waals surface area contributed by atoms with Gasteiger partial charge in [-0.25, -0.2) is 0 Å². The van der Waals surface area contributed by atoms with Gasteiger partial charge in [0.1, 0.15) is 0 Å². The highest BCUT2D eigenvalue weighted by Gasteiger charge is 2.33. The van der Waals surface area contributed by atoms with Crippen LogP contribution in [-0.4, -0.2) is 19.3 Å². The Morgan fingerprint density at radius 3 is 2.29 bits per heavy atom. The van der Waals surface area contributed by atoms with Crippen molar-refractivity contribution >= 4 is 23.2 Å². The van der Waals surface area contributed by atoms with Crippen LogP contribution in [0.1, 0.15) is 52.6 Å². The zero-order chi connectivity index (χ0) is 16.0. The molecule has 0 radical (unpaired) electrons. The molecule has 120 valence electrons. The third kappa shape index (κ3) is 5.45. The topological polar surface area (TPSA) is 21.3 Å². The van der Waals surface area contributed by atoms with E-state index >= 15 is 0 Å². The fourth-order valence-electron chi connectivity index (χ4n) is 2.43. The summed E-state index contributed by atoms with van der Waals surface area (Å²) in [6.45, 7) is 12.4. The van der Waals surface area contributed by atoms with Gasteiger partial charge >= 0.3 is 0 Å². The molecule has 0 aliphatic rings. The van der Waals surface area contributed by atoms with Crippen LogP contribution in [0.4, 0.5) is 0 Å². The van der Waals surface area contributed by atoms with Gasteiger partial charge in [-0.15, -0.1) is 0 Å². The van der Waals surface area contributed by atoms with Crippen molar-refractivity contribution in [1.82, 2.24) is 5.32 Å². The summed E-state index contributed by atoms with van der Waals surface area (Å²) >= 11 is 12.2. The van der Waals surface area contributed by atoms with Crippen LogP contribution < -0.4 is 5.32 Å². The lowest BCUT2D eigenvalue weighted by atomic mass is 9.82. The van der Waals surface area contributed by atoms with Crippen molar-refractivity contribution in [2.45, 2.75) is 53.2 Å². The molecule has 1 aromatic carbocycles. The molecule has 2 unspecified atom stereocenters. The summed E-state index contributed by atoms with van der Waals surface area (Å²) in [5.74, 6) is 0. The van der Waals surface area contributed by atoms with Crippen LogP contribution in [0.3, 0.4) is 0 Å². The molecular weight excluding hydrogens is 305 g/mol. The molecule has 0 spiro atoms. The van der Waals surface area contributed by atoms with Crippen LogP contribution in [0.15, 0.2) is 18.2 Å². The van der Waals surface area contributed by atoms with Gasteiger partial charge in [0.05, 0.1) is 22.2 Å². The van der Waals surface area contributed by atoms with Gasteiger partial charge in [-0.3, -0.25) is 0 Å². The predicted molar refractivity (Wildman–Crippen MR) is 92.4 cm³/mol. The molecule has 0 fully saturated rings. The van der Waals surface area contributed by atoms with Crippen LogP contribution in [0.2, 0.25) is 10.0 Å². The normalized spacial score (nSPS) is 15.0. The largest absolute Gasteiger partial charge is 0.376 e. The van der Waals surface area contributed by atoms with Gasteiger partial charge in [-0.05, 0) is 43.0 Å². The average Bonchev–Trinajstić information content (AvgIpc) is 2.40. The van der Waals surface area contributed by atoms with Gasteiger partial charge < -0.3 is 10.1 Å². The molecule has 1 aromatic rings. The van der Waals surface area contributed by atoms with Gasteiger partial charge in [0.2, 0.25) is 0 Å². The molecule has 0 saturated carbocycles. The van der Waals surface area contributed by atoms with Crippen molar-refractivity contribution in [3.05, 3.63) is 33.8 Å². The first-order chi connectivity index (χ1) is 9.81. The average molecular weight is 332 g/mol. The number of hydrogen-bond donors (Lipinski definition) is 1. The zero-order valence-corrected chi connectivity index (χ0v) is 15.2. The number of ether oxygens (including phenoxy) is 1. The maximum atomic E-state index is 6.19. The van der Waals surface area contributed by atoms with Crippen LogP contribution in [0.25, 0.3) is 0 Å². The molecule has 2 atom stereocenters. The number of rotatable bonds is 7. The van der Waals surface area contributed by atoms with E-state index in [2.05, 4.69) is 33.0 Å². The second kappa shape index (κ2) is 8.38. The lowest BCUT2D eigenvalue weighted by Gasteiger charge is -2.37. The minimum absolute atomic E-state index is 0.0214. The summed E-state index contributed by atoms with van der Waals surface area (Å²) in [5, 5.41) is 4.76. The minimum Gasteiger partial charge on any atom is -0.376 e. The van der Waals surface area contributed by atoms with Gasteiger partial charge in [0, 0.05) is 6.61 Å². The highest BCUT2D eigenvalue weighted by Crippen LogP contribution is 2.35. The Morgan fingerprint density at radius 2 is 1.81 bits per heavy atom. The maximum Gasteiger partial charge on any atom is 0.0817 e. The molecule has 0 bridgehead atoms. The maximum absolute atomic E-state index is 6.19. The van der Waals surface area contributed by atoms with Crippen molar-refractivity contribution < 1.29 is 4.74 Å². The molecule has 1 N–H and O–H groups in total. The fourth-order valence-corrected chi connectivity index (χ4v) is 2.74. The third-order valence-electron chi connectivity index (χ3n) is 3.42. The number of benzene rings is 1. The van der Waals surface area contributed by atoms with Crippen molar-refractivity contribution in [3.63, 3.8) is 0 Å². The number of nitrogens with one attached hydrogen (secondary N) is 1. The summed E-state index contributed by atoms with van der Waals surface area (Å²) in [5.41, 5.74) is 1.14. The SMILES string of the molecule is CCCNC(c1ccc(Cl)c(Cl)c1)C(OCC)C(C)(C)C. The first kappa shape index (κ1) is 18.8. The van der Waals surface area contributed by atoms with Gasteiger partial charge in [-0.1, -0.05) is 57.0 Å². The fraction of sp³-hybridized carbons (Fsp3) is 0.647. The first-order valence-electron chi connectivity index (χ1n) is 7.61. The Balaban J connectivity index is 3.15. The van der Waals surface area contributed by atoms with Crippen molar-refractivity contribution in [1.29, 1.82) is 0 Å². The Labute approximate surface area is 139 Å². The molecule has 0 aliphatic heterocycles. The molecule has 2 nitrogen and oxygen atoms in total. The van der Waals surface area contributed by atoms with Crippen LogP contribution >= 0.6 is 23.2 Å². The number of hydrogen-bond acceptors (Lipinski definition) is 2. The zero-order valence-electron chi connectivity index (χ0n) is 13.7. The Hall–Kier alpha value is -0.280. The molecule has 4 heteroatoms. The minimum atomic E-state index is 0.0214. The molecule has 0 aromatic heterocycles. The summed E-state index contributed by atoms with van der Waals surface area (Å²) in [6, 6.07) is 5.92. The smallest absolute Gasteiger partial charge is 0.0817 e. The van der Waals surface area contributed by atoms with E-state index in [1.54, 1.807) is 0 Å². The summed E-state index contributed by atoms with van der Waals surface area (Å²) in [7, 11) is 0. The third-order valence-corrected chi connectivity index (χ3v) is 4.16. The van der Waals surface area contributed by atoms with E-state index in [-0.39, 0.29) is 17.6 Å². The van der Waals surface area contributed by atoms with Crippen molar-refractivity contribution in [3.8, 4) is 0 Å². The molecule has 0 aliphatic carbocycles. The summed E-state index contributed by atoms with van der Waals surface area (Å²) in [4.78, 5) is 0. The highest BCUT2D eigenvalue weighted by atomic mass is 35.5. The van der Waals surface area contributed by atoms with E-state index in [9.17, 15) is 0 Å². The molecule has 0 amide bonds. The molecule has 0 saturated heterocycles. The second-order valence-corrected chi connectivity index (χ2v) is 7.16. The molecule has 0 heterocycles. The molecule has 1 rings (SSSR count). The first-order valence-corrected chi connectivity index (χ1v) is 8.36. The van der Waals surface area contributed by atoms with Crippen LogP contribution in [-0.2, 0) is 4.74 Å². The van der Waals surface area contributed by atoms with Crippen molar-refractivity contribution in [2.75, 3.05) is 13.2 Å². The van der Waals surface area contributed by atoms with Gasteiger partial charge in [0.25, 0.3) is 0 Å². The molecular formula is C17H27Cl2NO. The van der Waals surface area contributed by atoms with E-state index in [4.69, 9.17) is 27.9 Å². The van der Waals surface area contributed by atoms with Crippen LogP contribution in [0, 0.1) is 5.41 Å². The molecule has 21 heavy (non-hydrogen) atoms. The Morgan fingerprint density at radius 1 is 1.14 bits per heavy atom. The predicted octanol–water partition coefficient (Wildman–Crippen LogP) is 5.49. The monoisotopic (exact) mass is 331 g/mol. The Bertz CT molecular complexity index is 443. The van der Waals surface area contributed by atoms with Gasteiger partial charge in [0.15, 0.2) is 0 Å². The van der Waals surface area contributed by atoms with Crippen molar-refractivity contribution in [2.24, 2.45) is 5.41 Å². The van der Waals surface area contributed by atoms with E-state index in [0.717, 1.165) is 18.5 Å². The summed E-state index contributed by atoms with van der Waals surface area (Å²) in [6.07, 6.45) is 1.13. The Kier molecular flexibility index (Phi) is 7.49. The van der Waals surface area contributed by atoms with Gasteiger partial charge in [-0.2, -0.15) is 0 Å². The highest BCUT2D eigenvalue weighted by molar-refractivity contribution is 6.42.